The van der Waals surface area contributed by atoms with Crippen molar-refractivity contribution in [2.45, 2.75) is 110 Å². The fourth-order valence-corrected chi connectivity index (χ4v) is 5.96. The maximum atomic E-state index is 14.5. The summed E-state index contributed by atoms with van der Waals surface area (Å²) >= 11 is 0. The Balaban J connectivity index is 1.43. The molecule has 2 saturated carbocycles. The average Bonchev–Trinajstić information content (AvgIpc) is 2.77. The molecular weight excluding hydrogens is 362 g/mol. The Hall–Kier alpha value is -0.920. The third kappa shape index (κ3) is 6.28. The van der Waals surface area contributed by atoms with Gasteiger partial charge in [-0.25, -0.2) is 8.78 Å². The molecule has 164 valence electrons. The Labute approximate surface area is 177 Å². The molecule has 2 aliphatic carbocycles. The van der Waals surface area contributed by atoms with E-state index in [4.69, 9.17) is 0 Å². The van der Waals surface area contributed by atoms with E-state index in [2.05, 4.69) is 13.8 Å². The van der Waals surface area contributed by atoms with Crippen molar-refractivity contribution in [3.8, 4) is 0 Å². The van der Waals surface area contributed by atoms with E-state index in [0.29, 0.717) is 29.9 Å². The van der Waals surface area contributed by atoms with Crippen LogP contribution < -0.4 is 0 Å². The maximum Gasteiger partial charge on any atom is 0.162 e. The molecule has 3 rings (SSSR count). The molecule has 0 unspecified atom stereocenters. The lowest BCUT2D eigenvalue weighted by Gasteiger charge is -2.37. The van der Waals surface area contributed by atoms with Crippen LogP contribution in [-0.4, -0.2) is 0 Å². The Kier molecular flexibility index (Phi) is 9.00. The first-order valence-electron chi connectivity index (χ1n) is 12.6. The van der Waals surface area contributed by atoms with Crippen molar-refractivity contribution in [3.63, 3.8) is 0 Å². The minimum atomic E-state index is -0.593. The summed E-state index contributed by atoms with van der Waals surface area (Å²) in [5.41, 5.74) is 1.14. The molecule has 2 aliphatic rings. The van der Waals surface area contributed by atoms with Gasteiger partial charge in [-0.3, -0.25) is 0 Å². The zero-order valence-electron chi connectivity index (χ0n) is 18.8. The van der Waals surface area contributed by atoms with Crippen molar-refractivity contribution in [3.05, 3.63) is 34.9 Å². The number of rotatable bonds is 9. The first-order chi connectivity index (χ1) is 14.1. The largest absolute Gasteiger partial charge is 0.203 e. The van der Waals surface area contributed by atoms with Crippen LogP contribution in [0.2, 0.25) is 0 Å². The summed E-state index contributed by atoms with van der Waals surface area (Å²) in [6.45, 7) is 4.47. The molecule has 0 aliphatic heterocycles. The molecule has 0 atom stereocenters. The first kappa shape index (κ1) is 22.8. The van der Waals surface area contributed by atoms with E-state index in [9.17, 15) is 8.78 Å². The van der Waals surface area contributed by atoms with Gasteiger partial charge in [0.05, 0.1) is 0 Å². The van der Waals surface area contributed by atoms with Gasteiger partial charge < -0.3 is 0 Å². The molecule has 0 heterocycles. The highest BCUT2D eigenvalue weighted by Crippen LogP contribution is 2.42. The number of hydrogen-bond acceptors (Lipinski definition) is 0. The minimum absolute atomic E-state index is 0.554. The van der Waals surface area contributed by atoms with Crippen LogP contribution >= 0.6 is 0 Å². The van der Waals surface area contributed by atoms with E-state index >= 15 is 0 Å². The lowest BCUT2D eigenvalue weighted by atomic mass is 9.68. The molecule has 29 heavy (non-hydrogen) atoms. The van der Waals surface area contributed by atoms with Crippen LogP contribution in [0.15, 0.2) is 12.1 Å². The summed E-state index contributed by atoms with van der Waals surface area (Å²) in [6, 6.07) is 3.67. The third-order valence-electron chi connectivity index (χ3n) is 8.14. The molecular formula is C27H42F2. The molecule has 0 N–H and O–H groups in total. The molecule has 0 amide bonds. The van der Waals surface area contributed by atoms with Crippen LogP contribution in [0.5, 0.6) is 0 Å². The zero-order valence-corrected chi connectivity index (χ0v) is 18.8. The van der Waals surface area contributed by atoms with Gasteiger partial charge in [0.25, 0.3) is 0 Å². The van der Waals surface area contributed by atoms with E-state index in [1.165, 1.54) is 57.8 Å². The minimum Gasteiger partial charge on any atom is -0.203 e. The normalized spacial score (nSPS) is 27.9. The van der Waals surface area contributed by atoms with Gasteiger partial charge in [0.15, 0.2) is 11.6 Å². The summed E-state index contributed by atoms with van der Waals surface area (Å²) < 4.78 is 28.9. The van der Waals surface area contributed by atoms with E-state index in [-0.39, 0.29) is 0 Å². The second-order valence-corrected chi connectivity index (χ2v) is 9.98. The molecule has 0 nitrogen and oxygen atoms in total. The van der Waals surface area contributed by atoms with Crippen molar-refractivity contribution in [1.82, 2.24) is 0 Å². The van der Waals surface area contributed by atoms with Gasteiger partial charge in [-0.05, 0) is 86.2 Å². The molecule has 1 aromatic carbocycles. The predicted molar refractivity (Wildman–Crippen MR) is 119 cm³/mol. The van der Waals surface area contributed by atoms with Crippen LogP contribution in [-0.2, 0) is 12.8 Å². The quantitative estimate of drug-likeness (QED) is 0.361. The molecule has 1 aromatic rings. The highest BCUT2D eigenvalue weighted by Gasteiger charge is 2.30. The Morgan fingerprint density at radius 3 is 1.72 bits per heavy atom. The highest BCUT2D eigenvalue weighted by molar-refractivity contribution is 5.26. The summed E-state index contributed by atoms with van der Waals surface area (Å²) in [6.07, 6.45) is 17.9. The van der Waals surface area contributed by atoms with Crippen LogP contribution in [0.3, 0.4) is 0 Å². The molecule has 2 heteroatoms. The number of hydrogen-bond donors (Lipinski definition) is 0. The number of halogens is 2. The second-order valence-electron chi connectivity index (χ2n) is 9.98. The fraction of sp³-hybridized carbons (Fsp3) is 0.778. The SMILES string of the molecule is CCCCCc1ccc(CCC2CCC(C3CCC(CC)CC3)CC2)c(F)c1F. The fourth-order valence-electron chi connectivity index (χ4n) is 5.96. The smallest absolute Gasteiger partial charge is 0.162 e. The average molecular weight is 405 g/mol. The molecule has 0 aromatic heterocycles. The van der Waals surface area contributed by atoms with Gasteiger partial charge in [-0.2, -0.15) is 0 Å². The van der Waals surface area contributed by atoms with Crippen molar-refractivity contribution < 1.29 is 8.78 Å². The van der Waals surface area contributed by atoms with Crippen molar-refractivity contribution in [2.75, 3.05) is 0 Å². The standard InChI is InChI=1S/C27H42F2/c1-3-5-6-7-24-18-19-25(27(29)26(24)28)17-12-21-10-15-23(16-11-21)22-13-8-20(4-2)9-14-22/h18-23H,3-17H2,1-2H3. The number of benzene rings is 1. The summed E-state index contributed by atoms with van der Waals surface area (Å²) in [4.78, 5) is 0. The Morgan fingerprint density at radius 1 is 0.690 bits per heavy atom. The van der Waals surface area contributed by atoms with E-state index < -0.39 is 11.6 Å². The topological polar surface area (TPSA) is 0 Å². The van der Waals surface area contributed by atoms with Gasteiger partial charge >= 0.3 is 0 Å². The lowest BCUT2D eigenvalue weighted by molar-refractivity contribution is 0.142. The Morgan fingerprint density at radius 2 is 1.21 bits per heavy atom. The van der Waals surface area contributed by atoms with Crippen LogP contribution in [0.25, 0.3) is 0 Å². The maximum absolute atomic E-state index is 14.5. The summed E-state index contributed by atoms with van der Waals surface area (Å²) in [5.74, 6) is 2.40. The zero-order chi connectivity index (χ0) is 20.6. The monoisotopic (exact) mass is 404 g/mol. The molecule has 0 bridgehead atoms. The number of aryl methyl sites for hydroxylation is 2. The highest BCUT2D eigenvalue weighted by atomic mass is 19.2. The van der Waals surface area contributed by atoms with Crippen LogP contribution in [0, 0.1) is 35.3 Å². The van der Waals surface area contributed by atoms with Crippen molar-refractivity contribution in [2.24, 2.45) is 23.7 Å². The van der Waals surface area contributed by atoms with Gasteiger partial charge in [0, 0.05) is 0 Å². The third-order valence-corrected chi connectivity index (χ3v) is 8.14. The van der Waals surface area contributed by atoms with Crippen molar-refractivity contribution in [1.29, 1.82) is 0 Å². The molecule has 2 fully saturated rings. The predicted octanol–water partition coefficient (Wildman–Crippen LogP) is 8.65. The van der Waals surface area contributed by atoms with E-state index in [1.54, 1.807) is 0 Å². The van der Waals surface area contributed by atoms with Crippen LogP contribution in [0.4, 0.5) is 8.78 Å². The van der Waals surface area contributed by atoms with Gasteiger partial charge in [0.2, 0.25) is 0 Å². The van der Waals surface area contributed by atoms with Crippen LogP contribution in [0.1, 0.15) is 108 Å². The van der Waals surface area contributed by atoms with E-state index in [1.807, 2.05) is 12.1 Å². The Bertz CT molecular complexity index is 607. The molecule has 0 radical (unpaired) electrons. The summed E-state index contributed by atoms with van der Waals surface area (Å²) in [5, 5.41) is 0. The van der Waals surface area contributed by atoms with Gasteiger partial charge in [-0.1, -0.05) is 70.9 Å². The summed E-state index contributed by atoms with van der Waals surface area (Å²) in [7, 11) is 0. The van der Waals surface area contributed by atoms with Gasteiger partial charge in [0.1, 0.15) is 0 Å². The first-order valence-corrected chi connectivity index (χ1v) is 12.6. The lowest BCUT2D eigenvalue weighted by Crippen LogP contribution is -2.26. The van der Waals surface area contributed by atoms with E-state index in [0.717, 1.165) is 43.4 Å². The van der Waals surface area contributed by atoms with Gasteiger partial charge in [-0.15, -0.1) is 0 Å². The number of unbranched alkanes of at least 4 members (excludes halogenated alkanes) is 2. The second kappa shape index (κ2) is 11.5. The molecule has 0 saturated heterocycles. The molecule has 0 spiro atoms. The van der Waals surface area contributed by atoms with Crippen molar-refractivity contribution >= 4 is 0 Å².